The van der Waals surface area contributed by atoms with E-state index in [0.29, 0.717) is 18.8 Å². The van der Waals surface area contributed by atoms with Crippen molar-refractivity contribution in [2.75, 3.05) is 5.32 Å². The molecule has 5 heteroatoms. The summed E-state index contributed by atoms with van der Waals surface area (Å²) in [6, 6.07) is 19.3. The third kappa shape index (κ3) is 4.39. The lowest BCUT2D eigenvalue weighted by Gasteiger charge is -2.08. The molecular weight excluding hydrogens is 300 g/mol. The van der Waals surface area contributed by atoms with E-state index >= 15 is 0 Å². The molecule has 0 aliphatic carbocycles. The van der Waals surface area contributed by atoms with Crippen LogP contribution in [-0.2, 0) is 13.1 Å². The van der Waals surface area contributed by atoms with Crippen molar-refractivity contribution in [3.8, 4) is 0 Å². The summed E-state index contributed by atoms with van der Waals surface area (Å²) in [5, 5.41) is 6.12. The van der Waals surface area contributed by atoms with E-state index in [2.05, 4.69) is 32.7 Å². The minimum atomic E-state index is -0.219. The molecule has 2 aromatic heterocycles. The molecule has 5 nitrogen and oxygen atoms in total. The third-order valence-corrected chi connectivity index (χ3v) is 3.49. The summed E-state index contributed by atoms with van der Waals surface area (Å²) >= 11 is 0. The number of carbonyl (C=O) groups excluding carboxylic acids is 1. The standard InChI is InChI=1S/C19H18N4O/c24-19(23-14-17-8-4-5-10-20-17)18-12-16(9-11-21-18)22-13-15-6-2-1-3-7-15/h1-12H,13-14H2,(H,21,22)(H,23,24). The molecular formula is C19H18N4O. The van der Waals surface area contributed by atoms with Crippen LogP contribution in [0.1, 0.15) is 21.7 Å². The molecule has 1 aromatic carbocycles. The van der Waals surface area contributed by atoms with E-state index in [4.69, 9.17) is 0 Å². The van der Waals surface area contributed by atoms with E-state index in [1.807, 2.05) is 42.5 Å². The molecule has 1 amide bonds. The quantitative estimate of drug-likeness (QED) is 0.733. The normalized spacial score (nSPS) is 10.2. The number of amides is 1. The number of pyridine rings is 2. The summed E-state index contributed by atoms with van der Waals surface area (Å²) in [5.74, 6) is -0.219. The van der Waals surface area contributed by atoms with E-state index in [9.17, 15) is 4.79 Å². The topological polar surface area (TPSA) is 66.9 Å². The van der Waals surface area contributed by atoms with Crippen molar-refractivity contribution in [1.82, 2.24) is 15.3 Å². The second-order valence-corrected chi connectivity index (χ2v) is 5.27. The molecule has 24 heavy (non-hydrogen) atoms. The van der Waals surface area contributed by atoms with Crippen molar-refractivity contribution in [3.05, 3.63) is 90.0 Å². The van der Waals surface area contributed by atoms with E-state index in [1.165, 1.54) is 5.56 Å². The van der Waals surface area contributed by atoms with Gasteiger partial charge in [-0.25, -0.2) is 0 Å². The first-order valence-corrected chi connectivity index (χ1v) is 7.73. The Morgan fingerprint density at radius 3 is 2.50 bits per heavy atom. The van der Waals surface area contributed by atoms with Gasteiger partial charge in [-0.05, 0) is 29.8 Å². The highest BCUT2D eigenvalue weighted by molar-refractivity contribution is 5.93. The molecule has 0 bridgehead atoms. The van der Waals surface area contributed by atoms with Gasteiger partial charge < -0.3 is 10.6 Å². The average Bonchev–Trinajstić information content (AvgIpc) is 2.66. The van der Waals surface area contributed by atoms with Crippen LogP contribution < -0.4 is 10.6 Å². The Morgan fingerprint density at radius 2 is 1.71 bits per heavy atom. The second-order valence-electron chi connectivity index (χ2n) is 5.27. The van der Waals surface area contributed by atoms with Crippen LogP contribution in [0, 0.1) is 0 Å². The summed E-state index contributed by atoms with van der Waals surface area (Å²) < 4.78 is 0. The first-order chi connectivity index (χ1) is 11.8. The van der Waals surface area contributed by atoms with Crippen molar-refractivity contribution in [2.45, 2.75) is 13.1 Å². The zero-order valence-corrected chi connectivity index (χ0v) is 13.1. The number of nitrogens with one attached hydrogen (secondary N) is 2. The molecule has 0 aliphatic heterocycles. The predicted octanol–water partition coefficient (Wildman–Crippen LogP) is 3.02. The lowest BCUT2D eigenvalue weighted by atomic mass is 10.2. The van der Waals surface area contributed by atoms with Crippen LogP contribution in [0.4, 0.5) is 5.69 Å². The fourth-order valence-corrected chi connectivity index (χ4v) is 2.23. The van der Waals surface area contributed by atoms with Crippen molar-refractivity contribution in [2.24, 2.45) is 0 Å². The van der Waals surface area contributed by atoms with Gasteiger partial charge in [0, 0.05) is 24.6 Å². The SMILES string of the molecule is O=C(NCc1ccccn1)c1cc(NCc2ccccc2)ccn1. The third-order valence-electron chi connectivity index (χ3n) is 3.49. The monoisotopic (exact) mass is 318 g/mol. The number of carbonyl (C=O) groups is 1. The molecule has 2 N–H and O–H groups in total. The van der Waals surface area contributed by atoms with Gasteiger partial charge in [-0.1, -0.05) is 36.4 Å². The largest absolute Gasteiger partial charge is 0.381 e. The average molecular weight is 318 g/mol. The van der Waals surface area contributed by atoms with Crippen molar-refractivity contribution in [3.63, 3.8) is 0 Å². The van der Waals surface area contributed by atoms with E-state index in [-0.39, 0.29) is 5.91 Å². The zero-order valence-electron chi connectivity index (χ0n) is 13.1. The summed E-state index contributed by atoms with van der Waals surface area (Å²) in [4.78, 5) is 20.5. The lowest BCUT2D eigenvalue weighted by Crippen LogP contribution is -2.24. The molecule has 0 unspecified atom stereocenters. The van der Waals surface area contributed by atoms with Gasteiger partial charge in [0.15, 0.2) is 0 Å². The van der Waals surface area contributed by atoms with Gasteiger partial charge in [0.05, 0.1) is 12.2 Å². The van der Waals surface area contributed by atoms with Gasteiger partial charge in [-0.15, -0.1) is 0 Å². The van der Waals surface area contributed by atoms with Crippen molar-refractivity contribution >= 4 is 11.6 Å². The molecule has 0 saturated heterocycles. The van der Waals surface area contributed by atoms with Gasteiger partial charge >= 0.3 is 0 Å². The smallest absolute Gasteiger partial charge is 0.270 e. The summed E-state index contributed by atoms with van der Waals surface area (Å²) in [6.45, 7) is 1.07. The lowest BCUT2D eigenvalue weighted by molar-refractivity contribution is 0.0945. The molecule has 0 spiro atoms. The highest BCUT2D eigenvalue weighted by Crippen LogP contribution is 2.10. The van der Waals surface area contributed by atoms with E-state index in [1.54, 1.807) is 18.5 Å². The number of aromatic nitrogens is 2. The Labute approximate surface area is 140 Å². The van der Waals surface area contributed by atoms with Gasteiger partial charge in [0.25, 0.3) is 5.91 Å². The minimum absolute atomic E-state index is 0.219. The molecule has 3 rings (SSSR count). The van der Waals surface area contributed by atoms with E-state index < -0.39 is 0 Å². The Kier molecular flexibility index (Phi) is 5.14. The van der Waals surface area contributed by atoms with Crippen LogP contribution in [0.5, 0.6) is 0 Å². The maximum atomic E-state index is 12.2. The van der Waals surface area contributed by atoms with Crippen LogP contribution >= 0.6 is 0 Å². The molecule has 120 valence electrons. The van der Waals surface area contributed by atoms with Crippen LogP contribution in [0.3, 0.4) is 0 Å². The maximum absolute atomic E-state index is 12.2. The molecule has 0 saturated carbocycles. The fourth-order valence-electron chi connectivity index (χ4n) is 2.23. The number of anilines is 1. The highest BCUT2D eigenvalue weighted by atomic mass is 16.1. The van der Waals surface area contributed by atoms with Crippen LogP contribution in [0.2, 0.25) is 0 Å². The highest BCUT2D eigenvalue weighted by Gasteiger charge is 2.08. The minimum Gasteiger partial charge on any atom is -0.381 e. The molecule has 0 aliphatic rings. The van der Waals surface area contributed by atoms with E-state index in [0.717, 1.165) is 11.4 Å². The van der Waals surface area contributed by atoms with Crippen molar-refractivity contribution in [1.29, 1.82) is 0 Å². The number of benzene rings is 1. The molecule has 2 heterocycles. The Bertz CT molecular complexity index is 791. The van der Waals surface area contributed by atoms with Gasteiger partial charge in [0.2, 0.25) is 0 Å². The Morgan fingerprint density at radius 1 is 0.875 bits per heavy atom. The summed E-state index contributed by atoms with van der Waals surface area (Å²) in [5.41, 5.74) is 3.22. The molecule has 3 aromatic rings. The van der Waals surface area contributed by atoms with Crippen LogP contribution in [0.15, 0.2) is 73.1 Å². The second kappa shape index (κ2) is 7.87. The summed E-state index contributed by atoms with van der Waals surface area (Å²) in [6.07, 6.45) is 3.33. The Balaban J connectivity index is 1.59. The van der Waals surface area contributed by atoms with Crippen molar-refractivity contribution < 1.29 is 4.79 Å². The van der Waals surface area contributed by atoms with Gasteiger partial charge in [0.1, 0.15) is 5.69 Å². The van der Waals surface area contributed by atoms with Crippen LogP contribution in [0.25, 0.3) is 0 Å². The number of nitrogens with zero attached hydrogens (tertiary/aromatic N) is 2. The fraction of sp³-hybridized carbons (Fsp3) is 0.105. The van der Waals surface area contributed by atoms with Gasteiger partial charge in [-0.2, -0.15) is 0 Å². The summed E-state index contributed by atoms with van der Waals surface area (Å²) in [7, 11) is 0. The number of hydrogen-bond acceptors (Lipinski definition) is 4. The molecule has 0 fully saturated rings. The predicted molar refractivity (Wildman–Crippen MR) is 93.4 cm³/mol. The zero-order chi connectivity index (χ0) is 16.6. The number of rotatable bonds is 6. The van der Waals surface area contributed by atoms with Crippen LogP contribution in [-0.4, -0.2) is 15.9 Å². The first-order valence-electron chi connectivity index (χ1n) is 7.73. The first kappa shape index (κ1) is 15.7. The number of hydrogen-bond donors (Lipinski definition) is 2. The Hall–Kier alpha value is -3.21. The molecule has 0 atom stereocenters. The maximum Gasteiger partial charge on any atom is 0.270 e. The van der Waals surface area contributed by atoms with Gasteiger partial charge in [-0.3, -0.25) is 14.8 Å². The molecule has 0 radical (unpaired) electrons.